The first-order valence-electron chi connectivity index (χ1n) is 17.9. The molecule has 0 aliphatic rings. The van der Waals surface area contributed by atoms with Crippen LogP contribution in [0.3, 0.4) is 0 Å². The molecule has 0 unspecified atom stereocenters. The Morgan fingerprint density at radius 3 is 1.10 bits per heavy atom. The highest BCUT2D eigenvalue weighted by atomic mass is 16.5. The highest BCUT2D eigenvalue weighted by molar-refractivity contribution is 4.67. The topological polar surface area (TPSA) is 49.7 Å². The van der Waals surface area contributed by atoms with Gasteiger partial charge >= 0.3 is 0 Å². The zero-order valence-corrected chi connectivity index (χ0v) is 27.4. The molecule has 39 heavy (non-hydrogen) atoms. The van der Waals surface area contributed by atoms with Gasteiger partial charge in [0.05, 0.1) is 18.3 Å². The maximum atomic E-state index is 10.3. The lowest BCUT2D eigenvalue weighted by Gasteiger charge is -2.21. The predicted molar refractivity (Wildman–Crippen MR) is 173 cm³/mol. The summed E-state index contributed by atoms with van der Waals surface area (Å²) in [6, 6.07) is 0. The molecule has 0 radical (unpaired) electrons. The van der Waals surface area contributed by atoms with Crippen LogP contribution in [0.5, 0.6) is 0 Å². The maximum absolute atomic E-state index is 10.3. The quantitative estimate of drug-likeness (QED) is 0.0813. The van der Waals surface area contributed by atoms with Gasteiger partial charge in [0.15, 0.2) is 0 Å². The molecule has 0 amide bonds. The summed E-state index contributed by atoms with van der Waals surface area (Å²) in [6.45, 7) is 6.74. The molecule has 3 heteroatoms. The van der Waals surface area contributed by atoms with E-state index in [0.29, 0.717) is 18.4 Å². The number of ether oxygens (including phenoxy) is 1. The van der Waals surface area contributed by atoms with Crippen molar-refractivity contribution in [3.05, 3.63) is 0 Å². The normalized spacial score (nSPS) is 14.9. The summed E-state index contributed by atoms with van der Waals surface area (Å²) in [5.41, 5.74) is 0. The van der Waals surface area contributed by atoms with E-state index in [2.05, 4.69) is 20.8 Å². The summed E-state index contributed by atoms with van der Waals surface area (Å²) in [4.78, 5) is 0. The molecular formula is C36H74O3. The lowest BCUT2D eigenvalue weighted by Crippen LogP contribution is -2.20. The summed E-state index contributed by atoms with van der Waals surface area (Å²) in [7, 11) is 1.80. The van der Waals surface area contributed by atoms with Crippen molar-refractivity contribution in [3.8, 4) is 0 Å². The minimum Gasteiger partial charge on any atom is -0.393 e. The Morgan fingerprint density at radius 2 is 0.769 bits per heavy atom. The number of rotatable bonds is 32. The Morgan fingerprint density at radius 1 is 0.462 bits per heavy atom. The first-order valence-corrected chi connectivity index (χ1v) is 17.9. The molecule has 0 aliphatic heterocycles. The molecule has 0 saturated heterocycles. The van der Waals surface area contributed by atoms with E-state index in [1.54, 1.807) is 7.11 Å². The monoisotopic (exact) mass is 555 g/mol. The van der Waals surface area contributed by atoms with Crippen molar-refractivity contribution >= 4 is 0 Å². The van der Waals surface area contributed by atoms with Gasteiger partial charge in [0.1, 0.15) is 0 Å². The summed E-state index contributed by atoms with van der Waals surface area (Å²) in [5.74, 6) is 0.576. The highest BCUT2D eigenvalue weighted by Crippen LogP contribution is 2.20. The van der Waals surface area contributed by atoms with E-state index < -0.39 is 0 Å². The minimum absolute atomic E-state index is 0.336. The largest absolute Gasteiger partial charge is 0.393 e. The first-order chi connectivity index (χ1) is 19.0. The van der Waals surface area contributed by atoms with Gasteiger partial charge in [-0.05, 0) is 38.0 Å². The Hall–Kier alpha value is -0.120. The molecule has 2 N–H and O–H groups in total. The van der Waals surface area contributed by atoms with Crippen molar-refractivity contribution in [1.82, 2.24) is 0 Å². The summed E-state index contributed by atoms with van der Waals surface area (Å²) < 4.78 is 5.53. The Kier molecular flexibility index (Phi) is 30.7. The number of hydrogen-bond donors (Lipinski definition) is 2. The minimum atomic E-state index is -0.352. The van der Waals surface area contributed by atoms with Gasteiger partial charge in [-0.1, -0.05) is 168 Å². The van der Waals surface area contributed by atoms with Gasteiger partial charge in [0.2, 0.25) is 0 Å². The summed E-state index contributed by atoms with van der Waals surface area (Å²) in [6.07, 6.45) is 35.6. The van der Waals surface area contributed by atoms with Gasteiger partial charge in [-0.2, -0.15) is 0 Å². The molecule has 0 aromatic rings. The molecule has 3 nitrogen and oxygen atoms in total. The maximum Gasteiger partial charge on any atom is 0.0594 e. The number of methoxy groups -OCH3 is 1. The van der Waals surface area contributed by atoms with Crippen LogP contribution in [0.1, 0.15) is 201 Å². The van der Waals surface area contributed by atoms with Crippen molar-refractivity contribution in [3.63, 3.8) is 0 Å². The second kappa shape index (κ2) is 30.8. The first kappa shape index (κ1) is 38.9. The SMILES string of the molecule is CCCCCCCCCCCCCCCCCCCCCCC[C@H](O)C[C@H](O)CCCC[C@H](C)[C@H](CC)OC. The van der Waals surface area contributed by atoms with Crippen LogP contribution in [0.2, 0.25) is 0 Å². The van der Waals surface area contributed by atoms with E-state index in [-0.39, 0.29) is 12.2 Å². The average Bonchev–Trinajstić information content (AvgIpc) is 2.92. The summed E-state index contributed by atoms with van der Waals surface area (Å²) >= 11 is 0. The Balaban J connectivity index is 3.32. The van der Waals surface area contributed by atoms with Crippen molar-refractivity contribution in [2.75, 3.05) is 7.11 Å². The van der Waals surface area contributed by atoms with Crippen LogP contribution in [0.25, 0.3) is 0 Å². The fourth-order valence-corrected chi connectivity index (χ4v) is 6.20. The van der Waals surface area contributed by atoms with Crippen molar-refractivity contribution in [2.24, 2.45) is 5.92 Å². The molecule has 0 spiro atoms. The molecule has 0 heterocycles. The highest BCUT2D eigenvalue weighted by Gasteiger charge is 2.15. The number of unbranched alkanes of at least 4 members (excludes halogenated alkanes) is 21. The zero-order valence-electron chi connectivity index (χ0n) is 27.4. The molecule has 0 bridgehead atoms. The van der Waals surface area contributed by atoms with Crippen LogP contribution in [-0.4, -0.2) is 35.6 Å². The summed E-state index contributed by atoms with van der Waals surface area (Å²) in [5, 5.41) is 20.6. The van der Waals surface area contributed by atoms with E-state index in [4.69, 9.17) is 4.74 Å². The Labute approximate surface area is 246 Å². The van der Waals surface area contributed by atoms with E-state index in [9.17, 15) is 10.2 Å². The van der Waals surface area contributed by atoms with E-state index in [0.717, 1.165) is 44.9 Å². The van der Waals surface area contributed by atoms with Gasteiger partial charge in [0.25, 0.3) is 0 Å². The molecule has 0 fully saturated rings. The predicted octanol–water partition coefficient (Wildman–Crippen LogP) is 11.3. The third-order valence-corrected chi connectivity index (χ3v) is 8.97. The van der Waals surface area contributed by atoms with Crippen LogP contribution in [-0.2, 0) is 4.74 Å². The Bertz CT molecular complexity index is 451. The van der Waals surface area contributed by atoms with Crippen LogP contribution in [0, 0.1) is 5.92 Å². The van der Waals surface area contributed by atoms with Crippen LogP contribution < -0.4 is 0 Å². The van der Waals surface area contributed by atoms with Gasteiger partial charge in [-0.15, -0.1) is 0 Å². The zero-order chi connectivity index (χ0) is 28.8. The van der Waals surface area contributed by atoms with Crippen molar-refractivity contribution < 1.29 is 14.9 Å². The molecule has 4 atom stereocenters. The molecule has 236 valence electrons. The van der Waals surface area contributed by atoms with Gasteiger partial charge in [-0.25, -0.2) is 0 Å². The molecule has 0 saturated carbocycles. The van der Waals surface area contributed by atoms with Gasteiger partial charge in [-0.3, -0.25) is 0 Å². The van der Waals surface area contributed by atoms with Crippen molar-refractivity contribution in [2.45, 2.75) is 219 Å². The molecule has 0 aliphatic carbocycles. The number of aliphatic hydroxyl groups excluding tert-OH is 2. The van der Waals surface area contributed by atoms with Crippen molar-refractivity contribution in [1.29, 1.82) is 0 Å². The molecule has 0 rings (SSSR count). The second-order valence-corrected chi connectivity index (χ2v) is 12.8. The van der Waals surface area contributed by atoms with E-state index in [1.165, 1.54) is 128 Å². The fourth-order valence-electron chi connectivity index (χ4n) is 6.20. The lowest BCUT2D eigenvalue weighted by atomic mass is 9.94. The standard InChI is InChI=1S/C36H74O3/c1-5-7-8-9-10-11-12-13-14-15-16-17-18-19-20-21-22-23-24-25-26-30-34(37)32-35(38)31-28-27-29-33(3)36(6-2)39-4/h33-38H,5-32H2,1-4H3/t33-,34-,35+,36-/m0/s1. The average molecular weight is 555 g/mol. The van der Waals surface area contributed by atoms with Crippen LogP contribution in [0.15, 0.2) is 0 Å². The third-order valence-electron chi connectivity index (χ3n) is 8.97. The van der Waals surface area contributed by atoms with Crippen LogP contribution in [0.4, 0.5) is 0 Å². The smallest absolute Gasteiger partial charge is 0.0594 e. The number of hydrogen-bond acceptors (Lipinski definition) is 3. The lowest BCUT2D eigenvalue weighted by molar-refractivity contribution is 0.0495. The van der Waals surface area contributed by atoms with Gasteiger partial charge < -0.3 is 14.9 Å². The third kappa shape index (κ3) is 27.8. The van der Waals surface area contributed by atoms with E-state index >= 15 is 0 Å². The second-order valence-electron chi connectivity index (χ2n) is 12.8. The molecular weight excluding hydrogens is 480 g/mol. The number of aliphatic hydroxyl groups is 2. The fraction of sp³-hybridized carbons (Fsp3) is 1.00. The van der Waals surface area contributed by atoms with Crippen LogP contribution >= 0.6 is 0 Å². The molecule has 0 aromatic carbocycles. The van der Waals surface area contributed by atoms with E-state index in [1.807, 2.05) is 0 Å². The van der Waals surface area contributed by atoms with Gasteiger partial charge in [0, 0.05) is 7.11 Å². The molecule has 0 aromatic heterocycles.